The summed E-state index contributed by atoms with van der Waals surface area (Å²) in [7, 11) is 0. The fourth-order valence-corrected chi connectivity index (χ4v) is 0.632. The minimum absolute atomic E-state index is 0.142. The smallest absolute Gasteiger partial charge is 0.0776 e. The summed E-state index contributed by atoms with van der Waals surface area (Å²) in [5.74, 6) is 5.80. The van der Waals surface area contributed by atoms with Crippen molar-refractivity contribution in [2.45, 2.75) is 46.6 Å². The van der Waals surface area contributed by atoms with E-state index in [4.69, 9.17) is 0 Å². The van der Waals surface area contributed by atoms with Crippen molar-refractivity contribution in [1.82, 2.24) is 0 Å². The van der Waals surface area contributed by atoms with Crippen LogP contribution >= 0.6 is 0 Å². The van der Waals surface area contributed by atoms with Crippen molar-refractivity contribution in [2.75, 3.05) is 0 Å². The molecule has 0 saturated heterocycles. The Kier molecular flexibility index (Phi) is 3.75. The van der Waals surface area contributed by atoms with Gasteiger partial charge < -0.3 is 5.11 Å². The maximum absolute atomic E-state index is 10.0. The average Bonchev–Trinajstić information content (AvgIpc) is 1.82. The summed E-state index contributed by atoms with van der Waals surface area (Å²) >= 11 is 0. The molecule has 1 heteroatoms. The van der Waals surface area contributed by atoms with Crippen molar-refractivity contribution in [1.29, 1.82) is 0 Å². The van der Waals surface area contributed by atoms with E-state index in [9.17, 15) is 5.11 Å². The topological polar surface area (TPSA) is 20.2 Å². The third-order valence-corrected chi connectivity index (χ3v) is 2.35. The highest BCUT2D eigenvalue weighted by molar-refractivity contribution is 5.23. The molecule has 13 heavy (non-hydrogen) atoms. The van der Waals surface area contributed by atoms with Gasteiger partial charge in [-0.05, 0) is 24.8 Å². The van der Waals surface area contributed by atoms with Crippen molar-refractivity contribution in [3.63, 3.8) is 0 Å². The van der Waals surface area contributed by atoms with Crippen LogP contribution in [0.2, 0.25) is 0 Å². The van der Waals surface area contributed by atoms with Crippen LogP contribution in [0.15, 0.2) is 12.2 Å². The lowest BCUT2D eigenvalue weighted by atomic mass is 9.76. The van der Waals surface area contributed by atoms with E-state index >= 15 is 0 Å². The van der Waals surface area contributed by atoms with Gasteiger partial charge in [-0.15, -0.1) is 0 Å². The summed E-state index contributed by atoms with van der Waals surface area (Å²) in [6.45, 7) is 13.4. The first-order chi connectivity index (χ1) is 5.67. The van der Waals surface area contributed by atoms with Crippen LogP contribution < -0.4 is 0 Å². The summed E-state index contributed by atoms with van der Waals surface area (Å²) in [6, 6.07) is 0. The fourth-order valence-electron chi connectivity index (χ4n) is 0.632. The quantitative estimate of drug-likeness (QED) is 0.615. The molecule has 0 spiro atoms. The van der Waals surface area contributed by atoms with Crippen LogP contribution in [-0.2, 0) is 0 Å². The van der Waals surface area contributed by atoms with Crippen LogP contribution in [0.5, 0.6) is 0 Å². The molecular formula is C12H20O. The summed E-state index contributed by atoms with van der Waals surface area (Å²) < 4.78 is 0. The number of aliphatic hydroxyl groups is 1. The van der Waals surface area contributed by atoms with Crippen LogP contribution in [0.1, 0.15) is 41.0 Å². The van der Waals surface area contributed by atoms with Gasteiger partial charge in [0.15, 0.2) is 0 Å². The van der Waals surface area contributed by atoms with Gasteiger partial charge in [0.25, 0.3) is 0 Å². The minimum Gasteiger partial charge on any atom is -0.389 e. The van der Waals surface area contributed by atoms with E-state index < -0.39 is 5.60 Å². The molecular weight excluding hydrogens is 160 g/mol. The minimum atomic E-state index is -0.741. The highest BCUT2D eigenvalue weighted by atomic mass is 16.3. The number of hydrogen-bond acceptors (Lipinski definition) is 1. The zero-order chi connectivity index (χ0) is 10.7. The molecule has 74 valence electrons. The predicted octanol–water partition coefficient (Wildman–Crippen LogP) is 2.75. The maximum Gasteiger partial charge on any atom is 0.0776 e. The molecule has 0 aromatic carbocycles. The van der Waals surface area contributed by atoms with Crippen molar-refractivity contribution in [2.24, 2.45) is 5.41 Å². The molecule has 0 heterocycles. The molecule has 1 N–H and O–H groups in total. The number of hydrogen-bond donors (Lipinski definition) is 1. The van der Waals surface area contributed by atoms with Crippen LogP contribution in [0.25, 0.3) is 0 Å². The van der Waals surface area contributed by atoms with E-state index in [-0.39, 0.29) is 5.41 Å². The number of allylic oxidation sites excluding steroid dienone is 1. The molecule has 0 saturated carbocycles. The summed E-state index contributed by atoms with van der Waals surface area (Å²) in [5, 5.41) is 10.0. The van der Waals surface area contributed by atoms with Gasteiger partial charge in [0.1, 0.15) is 0 Å². The Morgan fingerprint density at radius 1 is 1.31 bits per heavy atom. The average molecular weight is 180 g/mol. The second-order valence-corrected chi connectivity index (χ2v) is 4.78. The van der Waals surface area contributed by atoms with E-state index in [0.29, 0.717) is 6.42 Å². The lowest BCUT2D eigenvalue weighted by Gasteiger charge is -2.35. The van der Waals surface area contributed by atoms with E-state index in [1.54, 1.807) is 0 Å². The monoisotopic (exact) mass is 180 g/mol. The zero-order valence-corrected chi connectivity index (χ0v) is 9.36. The first-order valence-corrected chi connectivity index (χ1v) is 4.53. The lowest BCUT2D eigenvalue weighted by molar-refractivity contribution is -0.0364. The van der Waals surface area contributed by atoms with Gasteiger partial charge >= 0.3 is 0 Å². The summed E-state index contributed by atoms with van der Waals surface area (Å²) in [5.41, 5.74) is -0.0450. The normalized spacial score (nSPS) is 15.5. The molecule has 0 rings (SSSR count). The Morgan fingerprint density at radius 3 is 2.08 bits per heavy atom. The Morgan fingerprint density at radius 2 is 1.77 bits per heavy atom. The Hall–Kier alpha value is -0.740. The molecule has 1 unspecified atom stereocenters. The van der Waals surface area contributed by atoms with Crippen LogP contribution in [0, 0.1) is 17.3 Å². The largest absolute Gasteiger partial charge is 0.389 e. The molecule has 0 aromatic rings. The van der Waals surface area contributed by atoms with Gasteiger partial charge in [-0.1, -0.05) is 39.2 Å². The van der Waals surface area contributed by atoms with Crippen LogP contribution in [0.3, 0.4) is 0 Å². The van der Waals surface area contributed by atoms with Crippen LogP contribution in [-0.4, -0.2) is 10.7 Å². The Labute approximate surface area is 81.9 Å². The molecule has 0 amide bonds. The van der Waals surface area contributed by atoms with Crippen molar-refractivity contribution < 1.29 is 5.11 Å². The van der Waals surface area contributed by atoms with Gasteiger partial charge in [0.05, 0.1) is 5.60 Å². The molecule has 0 aromatic heterocycles. The third-order valence-electron chi connectivity index (χ3n) is 2.35. The molecule has 0 aliphatic rings. The highest BCUT2D eigenvalue weighted by Crippen LogP contribution is 2.32. The van der Waals surface area contributed by atoms with Gasteiger partial charge in [-0.25, -0.2) is 0 Å². The molecule has 0 aliphatic carbocycles. The van der Waals surface area contributed by atoms with Gasteiger partial charge in [-0.3, -0.25) is 0 Å². The Bertz CT molecular complexity index is 243. The third kappa shape index (κ3) is 4.15. The first-order valence-electron chi connectivity index (χ1n) is 4.53. The highest BCUT2D eigenvalue weighted by Gasteiger charge is 2.34. The SMILES string of the molecule is C=C(C)C#CCC(C)(O)C(C)(C)C. The molecule has 1 nitrogen and oxygen atoms in total. The number of rotatable bonds is 1. The standard InChI is InChI=1S/C12H20O/c1-10(2)8-7-9-12(6,13)11(3,4)5/h13H,1,9H2,2-6H3. The van der Waals surface area contributed by atoms with E-state index in [1.165, 1.54) is 0 Å². The second-order valence-electron chi connectivity index (χ2n) is 4.78. The van der Waals surface area contributed by atoms with E-state index in [0.717, 1.165) is 5.57 Å². The predicted molar refractivity (Wildman–Crippen MR) is 57.3 cm³/mol. The molecule has 0 aliphatic heterocycles. The Balaban J connectivity index is 4.39. The molecule has 0 radical (unpaired) electrons. The van der Waals surface area contributed by atoms with Gasteiger partial charge in [-0.2, -0.15) is 0 Å². The summed E-state index contributed by atoms with van der Waals surface area (Å²) in [6.07, 6.45) is 0.489. The molecule has 1 atom stereocenters. The summed E-state index contributed by atoms with van der Waals surface area (Å²) in [4.78, 5) is 0. The zero-order valence-electron chi connectivity index (χ0n) is 9.36. The van der Waals surface area contributed by atoms with Gasteiger partial charge in [0.2, 0.25) is 0 Å². The molecule has 0 bridgehead atoms. The van der Waals surface area contributed by atoms with E-state index in [1.807, 2.05) is 34.6 Å². The maximum atomic E-state index is 10.0. The second kappa shape index (κ2) is 3.98. The van der Waals surface area contributed by atoms with E-state index in [2.05, 4.69) is 18.4 Å². The van der Waals surface area contributed by atoms with Crippen LogP contribution in [0.4, 0.5) is 0 Å². The lowest BCUT2D eigenvalue weighted by Crippen LogP contribution is -2.39. The van der Waals surface area contributed by atoms with Crippen molar-refractivity contribution in [3.05, 3.63) is 12.2 Å². The van der Waals surface area contributed by atoms with Crippen molar-refractivity contribution >= 4 is 0 Å². The molecule has 0 fully saturated rings. The van der Waals surface area contributed by atoms with Crippen molar-refractivity contribution in [3.8, 4) is 11.8 Å². The van der Waals surface area contributed by atoms with Gasteiger partial charge in [0, 0.05) is 6.42 Å². The first kappa shape index (κ1) is 12.3. The fraction of sp³-hybridized carbons (Fsp3) is 0.667.